The SMILES string of the molecule is C[C@@H]1C/C=C\[C@H](O)[C@@H]2CC[C@H]2CN2C[C@@]3(CCCc4cc(Cl)ccc43)COc3ccc(cc32)C(=O)NS(=O)(=O)[C@H]1C1CCC1. The number of fused-ring (bicyclic) bond motifs is 4. The molecular formula is C35H43ClN2O5S. The van der Waals surface area contributed by atoms with Crippen molar-refractivity contribution in [2.24, 2.45) is 23.7 Å². The third kappa shape index (κ3) is 5.45. The average Bonchev–Trinajstić information content (AvgIpc) is 3.09. The lowest BCUT2D eigenvalue weighted by atomic mass is 9.68. The number of ether oxygens (including phenoxy) is 1. The molecule has 2 saturated carbocycles. The highest BCUT2D eigenvalue weighted by Crippen LogP contribution is 2.47. The highest BCUT2D eigenvalue weighted by molar-refractivity contribution is 7.90. The van der Waals surface area contributed by atoms with Gasteiger partial charge in [-0.15, -0.1) is 0 Å². The van der Waals surface area contributed by atoms with E-state index in [0.717, 1.165) is 68.6 Å². The summed E-state index contributed by atoms with van der Waals surface area (Å²) in [6.07, 6.45) is 11.5. The predicted molar refractivity (Wildman–Crippen MR) is 173 cm³/mol. The van der Waals surface area contributed by atoms with Crippen LogP contribution in [0.5, 0.6) is 5.75 Å². The molecule has 7 nitrogen and oxygen atoms in total. The van der Waals surface area contributed by atoms with Gasteiger partial charge < -0.3 is 14.7 Å². The number of rotatable bonds is 1. The number of nitrogens with zero attached hydrogens (tertiary/aromatic N) is 1. The number of amides is 1. The number of aliphatic hydroxyl groups excluding tert-OH is 1. The summed E-state index contributed by atoms with van der Waals surface area (Å²) in [5, 5.41) is 11.3. The zero-order valence-corrected chi connectivity index (χ0v) is 27.0. The Balaban J connectivity index is 1.29. The van der Waals surface area contributed by atoms with Crippen molar-refractivity contribution in [2.45, 2.75) is 81.5 Å². The molecule has 1 spiro atoms. The van der Waals surface area contributed by atoms with Crippen LogP contribution >= 0.6 is 11.6 Å². The van der Waals surface area contributed by atoms with Gasteiger partial charge in [0, 0.05) is 29.1 Å². The van der Waals surface area contributed by atoms with Crippen molar-refractivity contribution >= 4 is 33.2 Å². The predicted octanol–water partition coefficient (Wildman–Crippen LogP) is 6.02. The molecule has 2 aromatic carbocycles. The van der Waals surface area contributed by atoms with E-state index in [9.17, 15) is 18.3 Å². The number of benzene rings is 2. The van der Waals surface area contributed by atoms with E-state index < -0.39 is 27.3 Å². The Hall–Kier alpha value is -2.55. The van der Waals surface area contributed by atoms with E-state index in [0.29, 0.717) is 30.9 Å². The second kappa shape index (κ2) is 11.7. The second-order valence-electron chi connectivity index (χ2n) is 14.1. The van der Waals surface area contributed by atoms with Gasteiger partial charge in [0.15, 0.2) is 0 Å². The maximum atomic E-state index is 13.8. The van der Waals surface area contributed by atoms with Crippen molar-refractivity contribution in [1.82, 2.24) is 4.72 Å². The minimum atomic E-state index is -3.93. The van der Waals surface area contributed by atoms with Gasteiger partial charge in [0.25, 0.3) is 5.91 Å². The van der Waals surface area contributed by atoms with Crippen LogP contribution in [-0.4, -0.2) is 50.5 Å². The molecular weight excluding hydrogens is 596 g/mol. The number of aryl methyl sites for hydroxylation is 1. The Morgan fingerprint density at radius 3 is 2.66 bits per heavy atom. The van der Waals surface area contributed by atoms with Crippen molar-refractivity contribution in [2.75, 3.05) is 24.6 Å². The standard InChI is InChI=1S/C35H43ClN2O5S/c1-22-5-2-9-31(39)28-13-10-26(28)19-38-20-35(16-4-8-24-17-27(36)12-14-29(24)35)21-43-32-15-11-25(18-30(32)38)34(40)37-44(41,42)33(22)23-6-3-7-23/h2,9,11-12,14-15,17-18,22-23,26,28,31,33,39H,3-8,10,13,16,19-21H2,1H3,(H,37,40)/b9-2-/t22-,26+,28-,31+,33-,35+/m1/s1. The van der Waals surface area contributed by atoms with Gasteiger partial charge in [0.1, 0.15) is 5.75 Å². The van der Waals surface area contributed by atoms with Gasteiger partial charge >= 0.3 is 0 Å². The van der Waals surface area contributed by atoms with Crippen LogP contribution in [0.1, 0.15) is 79.8 Å². The van der Waals surface area contributed by atoms with Crippen molar-refractivity contribution in [1.29, 1.82) is 0 Å². The summed E-state index contributed by atoms with van der Waals surface area (Å²) < 4.78 is 36.6. The summed E-state index contributed by atoms with van der Waals surface area (Å²) in [5.74, 6) is 0.370. The normalized spacial score (nSPS) is 34.3. The van der Waals surface area contributed by atoms with Crippen molar-refractivity contribution in [3.63, 3.8) is 0 Å². The molecule has 9 heteroatoms. The Kier molecular flexibility index (Phi) is 7.99. The van der Waals surface area contributed by atoms with E-state index in [1.54, 1.807) is 6.07 Å². The number of anilines is 1. The fraction of sp³-hybridized carbons (Fsp3) is 0.571. The van der Waals surface area contributed by atoms with Gasteiger partial charge in [-0.1, -0.05) is 43.2 Å². The number of hydrogen-bond donors (Lipinski definition) is 2. The molecule has 3 aliphatic carbocycles. The number of aliphatic hydroxyl groups is 1. The smallest absolute Gasteiger partial charge is 0.264 e. The van der Waals surface area contributed by atoms with Crippen LogP contribution in [0.4, 0.5) is 5.69 Å². The lowest BCUT2D eigenvalue weighted by Gasteiger charge is -2.45. The molecule has 236 valence electrons. The highest BCUT2D eigenvalue weighted by Gasteiger charge is 2.45. The third-order valence-corrected chi connectivity index (χ3v) is 13.6. The number of nitrogens with one attached hydrogen (secondary N) is 1. The van der Waals surface area contributed by atoms with Gasteiger partial charge in [-0.25, -0.2) is 13.1 Å². The van der Waals surface area contributed by atoms with E-state index >= 15 is 0 Å². The average molecular weight is 639 g/mol. The molecule has 5 aliphatic rings. The molecule has 0 saturated heterocycles. The number of halogens is 1. The largest absolute Gasteiger partial charge is 0.490 e. The molecule has 2 heterocycles. The van der Waals surface area contributed by atoms with Crippen LogP contribution in [0, 0.1) is 23.7 Å². The zero-order valence-electron chi connectivity index (χ0n) is 25.4. The minimum Gasteiger partial charge on any atom is -0.490 e. The lowest BCUT2D eigenvalue weighted by molar-refractivity contribution is 0.0455. The van der Waals surface area contributed by atoms with E-state index in [-0.39, 0.29) is 29.1 Å². The molecule has 44 heavy (non-hydrogen) atoms. The summed E-state index contributed by atoms with van der Waals surface area (Å²) in [6, 6.07) is 11.5. The molecule has 2 aliphatic heterocycles. The van der Waals surface area contributed by atoms with E-state index in [1.807, 2.05) is 37.3 Å². The molecule has 2 aromatic rings. The Morgan fingerprint density at radius 1 is 1.07 bits per heavy atom. The third-order valence-electron chi connectivity index (χ3n) is 11.3. The van der Waals surface area contributed by atoms with Crippen molar-refractivity contribution in [3.8, 4) is 5.75 Å². The van der Waals surface area contributed by atoms with E-state index in [1.165, 1.54) is 11.1 Å². The molecule has 2 fully saturated rings. The highest BCUT2D eigenvalue weighted by atomic mass is 35.5. The quantitative estimate of drug-likeness (QED) is 0.371. The number of sulfonamides is 1. The zero-order chi connectivity index (χ0) is 30.6. The molecule has 7 rings (SSSR count). The van der Waals surface area contributed by atoms with Gasteiger partial charge in [-0.05, 0) is 116 Å². The lowest BCUT2D eigenvalue weighted by Crippen LogP contribution is -2.49. The van der Waals surface area contributed by atoms with Crippen LogP contribution in [0.3, 0.4) is 0 Å². The number of allylic oxidation sites excluding steroid dienone is 1. The fourth-order valence-corrected chi connectivity index (χ4v) is 10.8. The summed E-state index contributed by atoms with van der Waals surface area (Å²) in [7, 11) is -3.93. The van der Waals surface area contributed by atoms with E-state index in [4.69, 9.17) is 16.3 Å². The minimum absolute atomic E-state index is 0.0314. The van der Waals surface area contributed by atoms with Gasteiger partial charge in [0.05, 0.1) is 23.6 Å². The summed E-state index contributed by atoms with van der Waals surface area (Å²) in [5.41, 5.74) is 3.38. The van der Waals surface area contributed by atoms with Crippen LogP contribution in [0.25, 0.3) is 0 Å². The summed E-state index contributed by atoms with van der Waals surface area (Å²) in [4.78, 5) is 16.0. The summed E-state index contributed by atoms with van der Waals surface area (Å²) in [6.45, 7) is 3.88. The maximum Gasteiger partial charge on any atom is 0.264 e. The Labute approximate surface area is 266 Å². The molecule has 1 amide bonds. The first-order chi connectivity index (χ1) is 21.1. The fourth-order valence-electron chi connectivity index (χ4n) is 8.57. The first-order valence-corrected chi connectivity index (χ1v) is 18.3. The Bertz CT molecular complexity index is 1570. The number of carbonyl (C=O) groups is 1. The first kappa shape index (κ1) is 30.1. The maximum absolute atomic E-state index is 13.8. The molecule has 2 bridgehead atoms. The number of carbonyl (C=O) groups excluding carboxylic acids is 1. The summed E-state index contributed by atoms with van der Waals surface area (Å²) >= 11 is 6.41. The van der Waals surface area contributed by atoms with Crippen LogP contribution in [-0.2, 0) is 21.9 Å². The molecule has 0 unspecified atom stereocenters. The Morgan fingerprint density at radius 2 is 1.91 bits per heavy atom. The second-order valence-corrected chi connectivity index (χ2v) is 16.3. The number of hydrogen-bond acceptors (Lipinski definition) is 6. The van der Waals surface area contributed by atoms with Crippen LogP contribution < -0.4 is 14.4 Å². The molecule has 6 atom stereocenters. The van der Waals surface area contributed by atoms with Crippen LogP contribution in [0.15, 0.2) is 48.6 Å². The molecule has 0 radical (unpaired) electrons. The first-order valence-electron chi connectivity index (χ1n) is 16.3. The topological polar surface area (TPSA) is 95.9 Å². The van der Waals surface area contributed by atoms with Gasteiger partial charge in [0.2, 0.25) is 10.0 Å². The molecule has 2 N–H and O–H groups in total. The van der Waals surface area contributed by atoms with Crippen LogP contribution in [0.2, 0.25) is 5.02 Å². The monoisotopic (exact) mass is 638 g/mol. The van der Waals surface area contributed by atoms with Crippen molar-refractivity contribution < 1.29 is 23.1 Å². The van der Waals surface area contributed by atoms with Crippen molar-refractivity contribution in [3.05, 3.63) is 70.3 Å². The van der Waals surface area contributed by atoms with Gasteiger partial charge in [-0.3, -0.25) is 4.79 Å². The van der Waals surface area contributed by atoms with Gasteiger partial charge in [-0.2, -0.15) is 0 Å². The van der Waals surface area contributed by atoms with E-state index in [2.05, 4.69) is 21.8 Å². The molecule has 0 aromatic heterocycles.